The van der Waals surface area contributed by atoms with E-state index >= 15 is 0 Å². The summed E-state index contributed by atoms with van der Waals surface area (Å²) >= 11 is 0. The minimum absolute atomic E-state index is 0.137. The van der Waals surface area contributed by atoms with Crippen LogP contribution in [0.15, 0.2) is 42.5 Å². The first kappa shape index (κ1) is 26.7. The van der Waals surface area contributed by atoms with Gasteiger partial charge in [-0.2, -0.15) is 0 Å². The first-order chi connectivity index (χ1) is 15.2. The van der Waals surface area contributed by atoms with E-state index in [2.05, 4.69) is 19.1 Å². The van der Waals surface area contributed by atoms with Crippen LogP contribution < -0.4 is 5.48 Å². The molecule has 1 N–H and O–H groups in total. The van der Waals surface area contributed by atoms with E-state index in [4.69, 9.17) is 9.57 Å². The van der Waals surface area contributed by atoms with Gasteiger partial charge in [-0.05, 0) is 37.7 Å². The van der Waals surface area contributed by atoms with E-state index in [9.17, 15) is 9.59 Å². The van der Waals surface area contributed by atoms with Crippen molar-refractivity contribution in [2.75, 3.05) is 0 Å². The zero-order chi connectivity index (χ0) is 22.4. The van der Waals surface area contributed by atoms with Crippen molar-refractivity contribution in [2.24, 2.45) is 0 Å². The molecule has 0 fully saturated rings. The minimum atomic E-state index is -0.762. The highest BCUT2D eigenvalue weighted by atomic mass is 16.7. The number of nitrogens with one attached hydrogen (secondary N) is 1. The van der Waals surface area contributed by atoms with Gasteiger partial charge in [0.15, 0.2) is 0 Å². The van der Waals surface area contributed by atoms with E-state index in [-0.39, 0.29) is 6.61 Å². The molecular formula is C26H41NO4. The van der Waals surface area contributed by atoms with Gasteiger partial charge in [0, 0.05) is 6.42 Å². The Morgan fingerprint density at radius 1 is 0.806 bits per heavy atom. The predicted octanol–water partition coefficient (Wildman–Crippen LogP) is 7.41. The predicted molar refractivity (Wildman–Crippen MR) is 125 cm³/mol. The summed E-state index contributed by atoms with van der Waals surface area (Å²) in [5.41, 5.74) is 2.91. The second-order valence-electron chi connectivity index (χ2n) is 7.97. The monoisotopic (exact) mass is 431 g/mol. The van der Waals surface area contributed by atoms with Gasteiger partial charge in [-0.1, -0.05) is 101 Å². The lowest BCUT2D eigenvalue weighted by molar-refractivity contribution is -0.150. The molecule has 5 heteroatoms. The third kappa shape index (κ3) is 17.1. The lowest BCUT2D eigenvalue weighted by atomic mass is 10.1. The molecule has 0 aliphatic carbocycles. The Kier molecular flexibility index (Phi) is 16.9. The molecule has 31 heavy (non-hydrogen) atoms. The number of carbonyl (C=O) groups is 2. The average molecular weight is 432 g/mol. The fourth-order valence-electron chi connectivity index (χ4n) is 3.24. The number of amides is 1. The van der Waals surface area contributed by atoms with Crippen molar-refractivity contribution in [2.45, 2.75) is 103 Å². The van der Waals surface area contributed by atoms with Crippen LogP contribution in [0.1, 0.15) is 102 Å². The number of hydrogen-bond donors (Lipinski definition) is 1. The van der Waals surface area contributed by atoms with Crippen molar-refractivity contribution < 1.29 is 19.2 Å². The third-order valence-corrected chi connectivity index (χ3v) is 5.10. The molecule has 0 saturated heterocycles. The van der Waals surface area contributed by atoms with Crippen molar-refractivity contribution in [1.29, 1.82) is 0 Å². The first-order valence-corrected chi connectivity index (χ1v) is 12.0. The molecule has 5 nitrogen and oxygen atoms in total. The topological polar surface area (TPSA) is 64.6 Å². The van der Waals surface area contributed by atoms with Gasteiger partial charge >= 0.3 is 12.1 Å². The summed E-state index contributed by atoms with van der Waals surface area (Å²) in [4.78, 5) is 27.9. The summed E-state index contributed by atoms with van der Waals surface area (Å²) in [7, 11) is 0. The Morgan fingerprint density at radius 3 is 2.03 bits per heavy atom. The molecule has 0 atom stereocenters. The second-order valence-corrected chi connectivity index (χ2v) is 7.97. The molecule has 0 radical (unpaired) electrons. The molecule has 0 aliphatic heterocycles. The van der Waals surface area contributed by atoms with Crippen LogP contribution in [-0.2, 0) is 21.0 Å². The van der Waals surface area contributed by atoms with Crippen LogP contribution in [0.4, 0.5) is 4.79 Å². The molecule has 174 valence electrons. The third-order valence-electron chi connectivity index (χ3n) is 5.10. The van der Waals surface area contributed by atoms with Gasteiger partial charge in [0.05, 0.1) is 0 Å². The molecule has 0 unspecified atom stereocenters. The smallest absolute Gasteiger partial charge is 0.441 e. The van der Waals surface area contributed by atoms with Crippen LogP contribution in [0, 0.1) is 0 Å². The quantitative estimate of drug-likeness (QED) is 0.158. The standard InChI is InChI=1S/C26H41NO4/c1-2-3-4-5-6-7-8-9-10-11-12-13-14-15-19-22-25(28)31-27-26(29)30-23-24-20-17-16-18-21-24/h9-10,16-18,20-21H,2-8,11-15,19,22-23H2,1H3,(H,27,29). The number of rotatable bonds is 17. The molecule has 1 rings (SSSR count). The second kappa shape index (κ2) is 19.7. The van der Waals surface area contributed by atoms with E-state index in [1.54, 1.807) is 0 Å². The number of hydroxylamine groups is 1. The summed E-state index contributed by atoms with van der Waals surface area (Å²) < 4.78 is 4.98. The highest BCUT2D eigenvalue weighted by Crippen LogP contribution is 2.10. The van der Waals surface area contributed by atoms with Crippen molar-refractivity contribution >= 4 is 12.1 Å². The van der Waals surface area contributed by atoms with Crippen LogP contribution in [0.5, 0.6) is 0 Å². The van der Waals surface area contributed by atoms with E-state index in [0.29, 0.717) is 6.42 Å². The lowest BCUT2D eigenvalue weighted by Crippen LogP contribution is -2.27. The van der Waals surface area contributed by atoms with Crippen molar-refractivity contribution in [3.05, 3.63) is 48.0 Å². The van der Waals surface area contributed by atoms with Crippen LogP contribution in [-0.4, -0.2) is 12.1 Å². The van der Waals surface area contributed by atoms with Crippen LogP contribution in [0.2, 0.25) is 0 Å². The summed E-state index contributed by atoms with van der Waals surface area (Å²) in [6, 6.07) is 9.33. The summed E-state index contributed by atoms with van der Waals surface area (Å²) in [6.45, 7) is 2.39. The first-order valence-electron chi connectivity index (χ1n) is 12.0. The zero-order valence-corrected chi connectivity index (χ0v) is 19.3. The van der Waals surface area contributed by atoms with Crippen molar-refractivity contribution in [3.8, 4) is 0 Å². The van der Waals surface area contributed by atoms with E-state index in [0.717, 1.165) is 31.2 Å². The molecule has 0 heterocycles. The van der Waals surface area contributed by atoms with Gasteiger partial charge in [-0.25, -0.2) is 9.59 Å². The maximum Gasteiger partial charge on any atom is 0.441 e. The molecule has 0 spiro atoms. The Labute approximate surface area is 188 Å². The number of carbonyl (C=O) groups excluding carboxylic acids is 2. The van der Waals surface area contributed by atoms with Crippen molar-refractivity contribution in [3.63, 3.8) is 0 Å². The number of hydrogen-bond acceptors (Lipinski definition) is 4. The average Bonchev–Trinajstić information content (AvgIpc) is 2.79. The molecule has 1 aromatic rings. The maximum atomic E-state index is 11.7. The summed E-state index contributed by atoms with van der Waals surface area (Å²) in [5, 5.41) is 0. The van der Waals surface area contributed by atoms with Gasteiger partial charge in [0.2, 0.25) is 0 Å². The highest BCUT2D eigenvalue weighted by Gasteiger charge is 2.07. The largest absolute Gasteiger partial charge is 0.443 e. The van der Waals surface area contributed by atoms with E-state index in [1.165, 1.54) is 57.8 Å². The Balaban J connectivity index is 1.85. The van der Waals surface area contributed by atoms with E-state index in [1.807, 2.05) is 35.8 Å². The molecule has 0 bridgehead atoms. The molecule has 0 aromatic heterocycles. The SMILES string of the molecule is CCCCCCCCC=CCCCCCCCC(=O)ONC(=O)OCc1ccccc1. The van der Waals surface area contributed by atoms with Crippen LogP contribution in [0.25, 0.3) is 0 Å². The minimum Gasteiger partial charge on any atom is -0.443 e. The zero-order valence-electron chi connectivity index (χ0n) is 19.3. The van der Waals surface area contributed by atoms with Gasteiger partial charge in [-0.15, -0.1) is 5.48 Å². The Hall–Kier alpha value is -2.30. The number of allylic oxidation sites excluding steroid dienone is 2. The molecule has 0 saturated carbocycles. The van der Waals surface area contributed by atoms with Gasteiger partial charge in [0.25, 0.3) is 0 Å². The van der Waals surface area contributed by atoms with Crippen LogP contribution in [0.3, 0.4) is 0 Å². The number of ether oxygens (including phenoxy) is 1. The molecule has 1 aromatic carbocycles. The molecule has 0 aliphatic rings. The Bertz CT molecular complexity index is 601. The maximum absolute atomic E-state index is 11.7. The fraction of sp³-hybridized carbons (Fsp3) is 0.615. The van der Waals surface area contributed by atoms with Gasteiger partial charge < -0.3 is 9.57 Å². The molecular weight excluding hydrogens is 390 g/mol. The van der Waals surface area contributed by atoms with Crippen LogP contribution >= 0.6 is 0 Å². The van der Waals surface area contributed by atoms with Gasteiger partial charge in [0.1, 0.15) is 6.61 Å². The summed E-state index contributed by atoms with van der Waals surface area (Å²) in [6.07, 6.45) is 19.9. The number of unbranched alkanes of at least 4 members (excludes halogenated alkanes) is 11. The lowest BCUT2D eigenvalue weighted by Gasteiger charge is -2.07. The highest BCUT2D eigenvalue weighted by molar-refractivity contribution is 5.73. The Morgan fingerprint density at radius 2 is 1.39 bits per heavy atom. The van der Waals surface area contributed by atoms with Crippen molar-refractivity contribution in [1.82, 2.24) is 5.48 Å². The molecule has 1 amide bonds. The summed E-state index contributed by atoms with van der Waals surface area (Å²) in [5.74, 6) is -0.436. The number of benzene rings is 1. The fourth-order valence-corrected chi connectivity index (χ4v) is 3.24. The van der Waals surface area contributed by atoms with E-state index < -0.39 is 12.1 Å². The van der Waals surface area contributed by atoms with Gasteiger partial charge in [-0.3, -0.25) is 0 Å². The normalized spacial score (nSPS) is 10.9.